The predicted octanol–water partition coefficient (Wildman–Crippen LogP) is 3.01. The van der Waals surface area contributed by atoms with Crippen LogP contribution in [0.25, 0.3) is 0 Å². The Labute approximate surface area is 194 Å². The summed E-state index contributed by atoms with van der Waals surface area (Å²) in [5.74, 6) is 2.78. The summed E-state index contributed by atoms with van der Waals surface area (Å²) in [6.07, 6.45) is 4.97. The summed E-state index contributed by atoms with van der Waals surface area (Å²) in [7, 11) is -3.79. The third kappa shape index (κ3) is 12.9. The van der Waals surface area contributed by atoms with Crippen LogP contribution in [0, 0.1) is 6.92 Å². The lowest BCUT2D eigenvalue weighted by Crippen LogP contribution is -2.23. The number of hydrogen-bond donors (Lipinski definition) is 1. The topological polar surface area (TPSA) is 105 Å². The first kappa shape index (κ1) is 28.3. The summed E-state index contributed by atoms with van der Waals surface area (Å²) in [6, 6.07) is 13.3. The molecule has 0 amide bonds. The van der Waals surface area contributed by atoms with Crippen molar-refractivity contribution in [2.75, 3.05) is 44.7 Å². The van der Waals surface area contributed by atoms with Crippen LogP contribution in [0.15, 0.2) is 53.4 Å². The van der Waals surface area contributed by atoms with Crippen LogP contribution in [0.2, 0.25) is 0 Å². The molecular weight excluding hydrogens is 452 g/mol. The maximum atomic E-state index is 10.4. The Hall–Kier alpha value is -1.78. The Bertz CT molecular complexity index is 851. The molecule has 0 spiro atoms. The molecule has 2 aromatic carbocycles. The summed E-state index contributed by atoms with van der Waals surface area (Å²) in [5.41, 5.74) is 0.928. The fourth-order valence-corrected chi connectivity index (χ4v) is 3.53. The monoisotopic (exact) mass is 486 g/mol. The highest BCUT2D eigenvalue weighted by molar-refractivity contribution is 7.95. The summed E-state index contributed by atoms with van der Waals surface area (Å²) in [6.45, 7) is 5.59. The van der Waals surface area contributed by atoms with Gasteiger partial charge in [-0.25, -0.2) is 8.42 Å². The number of aliphatic hydroxyl groups is 1. The van der Waals surface area contributed by atoms with Gasteiger partial charge in [0.15, 0.2) is 0 Å². The molecule has 32 heavy (non-hydrogen) atoms. The molecule has 180 valence electrons. The van der Waals surface area contributed by atoms with Gasteiger partial charge in [-0.1, -0.05) is 17.7 Å². The highest BCUT2D eigenvalue weighted by Gasteiger charge is 2.06. The van der Waals surface area contributed by atoms with Gasteiger partial charge in [-0.3, -0.25) is 0 Å². The largest absolute Gasteiger partial charge is 0.744 e. The number of aliphatic hydroxyl groups excluding tert-OH is 1. The van der Waals surface area contributed by atoms with Crippen molar-refractivity contribution in [2.24, 2.45) is 0 Å². The average molecular weight is 487 g/mol. The Morgan fingerprint density at radius 3 is 2.03 bits per heavy atom. The molecule has 0 aliphatic rings. The number of benzene rings is 2. The quantitative estimate of drug-likeness (QED) is 0.279. The first-order valence-corrected chi connectivity index (χ1v) is 13.9. The van der Waals surface area contributed by atoms with Crippen LogP contribution < -0.4 is 9.47 Å². The standard InChI is InChI=1S/C16H27O4S.C7H8O3S/c1-4-18-12-14(17)13-20-16-8-6-15(7-9-16)19-10-5-11-21(2)3;1-6-2-4-7(5-3-6)11(8,9)10/h6-9,14,17H,4-5,10-13H2,1-3H3;2-5H,1H3,(H,8,9,10)/q+1;/p-1. The summed E-state index contributed by atoms with van der Waals surface area (Å²) in [4.78, 5) is -0.178. The molecule has 0 heterocycles. The van der Waals surface area contributed by atoms with Crippen molar-refractivity contribution in [1.29, 1.82) is 0 Å². The van der Waals surface area contributed by atoms with Crippen LogP contribution in [0.4, 0.5) is 0 Å². The lowest BCUT2D eigenvalue weighted by molar-refractivity contribution is 0.0164. The van der Waals surface area contributed by atoms with Crippen molar-refractivity contribution in [3.8, 4) is 11.5 Å². The van der Waals surface area contributed by atoms with Crippen LogP contribution in [0.3, 0.4) is 0 Å². The minimum atomic E-state index is -4.27. The maximum Gasteiger partial charge on any atom is 0.124 e. The summed E-state index contributed by atoms with van der Waals surface area (Å²) >= 11 is 0. The molecule has 2 aromatic rings. The van der Waals surface area contributed by atoms with E-state index in [2.05, 4.69) is 12.5 Å². The van der Waals surface area contributed by atoms with Gasteiger partial charge in [-0.2, -0.15) is 0 Å². The molecule has 9 heteroatoms. The Morgan fingerprint density at radius 2 is 1.53 bits per heavy atom. The third-order valence-electron chi connectivity index (χ3n) is 4.06. The molecule has 0 saturated heterocycles. The van der Waals surface area contributed by atoms with Gasteiger partial charge in [0.1, 0.15) is 40.1 Å². The van der Waals surface area contributed by atoms with Gasteiger partial charge in [-0.05, 0) is 61.1 Å². The second kappa shape index (κ2) is 15.1. The molecule has 0 aromatic heterocycles. The highest BCUT2D eigenvalue weighted by atomic mass is 32.2. The van der Waals surface area contributed by atoms with Gasteiger partial charge in [-0.15, -0.1) is 0 Å². The summed E-state index contributed by atoms with van der Waals surface area (Å²) in [5, 5.41) is 9.61. The summed E-state index contributed by atoms with van der Waals surface area (Å²) < 4.78 is 47.5. The van der Waals surface area contributed by atoms with E-state index in [1.807, 2.05) is 38.1 Å². The maximum absolute atomic E-state index is 10.4. The molecule has 7 nitrogen and oxygen atoms in total. The highest BCUT2D eigenvalue weighted by Crippen LogP contribution is 2.18. The Kier molecular flexibility index (Phi) is 13.4. The van der Waals surface area contributed by atoms with Gasteiger partial charge in [0, 0.05) is 13.0 Å². The molecule has 0 bridgehead atoms. The van der Waals surface area contributed by atoms with Crippen LogP contribution in [-0.4, -0.2) is 68.9 Å². The van der Waals surface area contributed by atoms with E-state index in [4.69, 9.17) is 14.2 Å². The van der Waals surface area contributed by atoms with E-state index in [1.165, 1.54) is 17.9 Å². The molecule has 1 unspecified atom stereocenters. The van der Waals surface area contributed by atoms with E-state index < -0.39 is 16.2 Å². The fraction of sp³-hybridized carbons (Fsp3) is 0.478. The van der Waals surface area contributed by atoms with Crippen LogP contribution >= 0.6 is 0 Å². The zero-order valence-electron chi connectivity index (χ0n) is 19.2. The Balaban J connectivity index is 0.000000389. The van der Waals surface area contributed by atoms with Crippen molar-refractivity contribution in [2.45, 2.75) is 31.3 Å². The van der Waals surface area contributed by atoms with Crippen molar-refractivity contribution < 1.29 is 32.3 Å². The molecule has 0 aliphatic carbocycles. The number of hydrogen-bond acceptors (Lipinski definition) is 7. The van der Waals surface area contributed by atoms with Crippen molar-refractivity contribution in [3.63, 3.8) is 0 Å². The second-order valence-corrected chi connectivity index (χ2v) is 11.0. The smallest absolute Gasteiger partial charge is 0.124 e. The van der Waals surface area contributed by atoms with Gasteiger partial charge >= 0.3 is 0 Å². The second-order valence-electron chi connectivity index (χ2n) is 7.25. The zero-order valence-corrected chi connectivity index (χ0v) is 20.8. The van der Waals surface area contributed by atoms with Crippen LogP contribution in [-0.2, 0) is 25.7 Å². The van der Waals surface area contributed by atoms with Crippen molar-refractivity contribution in [1.82, 2.24) is 0 Å². The van der Waals surface area contributed by atoms with E-state index in [1.54, 1.807) is 12.1 Å². The molecule has 0 saturated carbocycles. The van der Waals surface area contributed by atoms with Gasteiger partial charge < -0.3 is 23.9 Å². The normalized spacial score (nSPS) is 12.1. The molecule has 2 rings (SSSR count). The predicted molar refractivity (Wildman–Crippen MR) is 128 cm³/mol. The minimum absolute atomic E-state index is 0.178. The number of ether oxygens (including phenoxy) is 3. The molecule has 0 fully saturated rings. The molecule has 0 radical (unpaired) electrons. The molecular formula is C23H34O7S2. The molecule has 1 N–H and O–H groups in total. The lowest BCUT2D eigenvalue weighted by atomic mass is 10.2. The van der Waals surface area contributed by atoms with Gasteiger partial charge in [0.05, 0.1) is 30.6 Å². The fourth-order valence-electron chi connectivity index (χ4n) is 2.37. The Morgan fingerprint density at radius 1 is 0.969 bits per heavy atom. The zero-order chi connectivity index (χ0) is 24.0. The number of rotatable bonds is 12. The van der Waals surface area contributed by atoms with Crippen LogP contribution in [0.1, 0.15) is 18.9 Å². The molecule has 1 atom stereocenters. The van der Waals surface area contributed by atoms with Crippen molar-refractivity contribution in [3.05, 3.63) is 54.1 Å². The van der Waals surface area contributed by atoms with E-state index in [9.17, 15) is 18.1 Å². The van der Waals surface area contributed by atoms with Crippen molar-refractivity contribution >= 4 is 21.0 Å². The van der Waals surface area contributed by atoms with Crippen LogP contribution in [0.5, 0.6) is 11.5 Å². The average Bonchev–Trinajstić information content (AvgIpc) is 2.74. The van der Waals surface area contributed by atoms with E-state index in [-0.39, 0.29) is 11.5 Å². The first-order chi connectivity index (χ1) is 15.1. The SMILES string of the molecule is CCOCC(O)COc1ccc(OCCC[S+](C)C)cc1.Cc1ccc(S(=O)(=O)[O-])cc1. The number of aryl methyl sites for hydroxylation is 1. The first-order valence-electron chi connectivity index (χ1n) is 10.3. The van der Waals surface area contributed by atoms with E-state index >= 15 is 0 Å². The van der Waals surface area contributed by atoms with E-state index in [0.717, 1.165) is 30.1 Å². The minimum Gasteiger partial charge on any atom is -0.744 e. The van der Waals surface area contributed by atoms with Gasteiger partial charge in [0.2, 0.25) is 0 Å². The third-order valence-corrected chi connectivity index (χ3v) is 6.01. The van der Waals surface area contributed by atoms with Gasteiger partial charge in [0.25, 0.3) is 0 Å². The molecule has 0 aliphatic heterocycles. The lowest BCUT2D eigenvalue weighted by Gasteiger charge is -2.12. The van der Waals surface area contributed by atoms with E-state index in [0.29, 0.717) is 24.1 Å².